The van der Waals surface area contributed by atoms with Crippen molar-refractivity contribution in [2.24, 2.45) is 23.7 Å². The Morgan fingerprint density at radius 2 is 1.91 bits per heavy atom. The number of hydrogen-bond donors (Lipinski definition) is 2. The normalized spacial score (nSPS) is 46.1. The van der Waals surface area contributed by atoms with Gasteiger partial charge >= 0.3 is 0 Å². The first-order valence-electron chi connectivity index (χ1n) is 13.8. The molecule has 1 saturated carbocycles. The Kier molecular flexibility index (Phi) is 7.61. The third kappa shape index (κ3) is 4.70. The summed E-state index contributed by atoms with van der Waals surface area (Å²) in [5.74, 6) is 0.462. The van der Waals surface area contributed by atoms with Crippen LogP contribution >= 0.6 is 0 Å². The number of rotatable bonds is 9. The van der Waals surface area contributed by atoms with Gasteiger partial charge in [0.05, 0.1) is 12.7 Å². The van der Waals surface area contributed by atoms with Crippen molar-refractivity contribution in [3.8, 4) is 0 Å². The van der Waals surface area contributed by atoms with E-state index in [0.29, 0.717) is 11.8 Å². The van der Waals surface area contributed by atoms with Gasteiger partial charge in [-0.15, -0.1) is 0 Å². The fourth-order valence-electron chi connectivity index (χ4n) is 7.18. The quantitative estimate of drug-likeness (QED) is 0.383. The van der Waals surface area contributed by atoms with Gasteiger partial charge in [-0.2, -0.15) is 0 Å². The highest BCUT2D eigenvalue weighted by atomic mass is 17.3. The maximum Gasteiger partial charge on any atom is 0.201 e. The zero-order chi connectivity index (χ0) is 23.9. The van der Waals surface area contributed by atoms with Crippen LogP contribution in [0.5, 0.6) is 0 Å². The van der Waals surface area contributed by atoms with E-state index in [-0.39, 0.29) is 24.5 Å². The number of nitrogens with one attached hydrogen (secondary N) is 1. The molecule has 5 heterocycles. The van der Waals surface area contributed by atoms with E-state index in [1.807, 2.05) is 13.8 Å². The summed E-state index contributed by atoms with van der Waals surface area (Å²) in [5, 5.41) is 14.2. The summed E-state index contributed by atoms with van der Waals surface area (Å²) in [6.45, 7) is 13.2. The molecule has 0 radical (unpaired) electrons. The average Bonchev–Trinajstić information content (AvgIpc) is 3.24. The van der Waals surface area contributed by atoms with Gasteiger partial charge in [-0.05, 0) is 90.4 Å². The minimum atomic E-state index is -0.782. The van der Waals surface area contributed by atoms with Crippen molar-refractivity contribution in [2.75, 3.05) is 32.8 Å². The Hall–Kier alpha value is -0.320. The lowest BCUT2D eigenvalue weighted by atomic mass is 9.58. The highest BCUT2D eigenvalue weighted by molar-refractivity contribution is 5.09. The summed E-state index contributed by atoms with van der Waals surface area (Å²) in [5.41, 5.74) is -0.574. The lowest BCUT2D eigenvalue weighted by molar-refractivity contribution is -0.577. The molecule has 34 heavy (non-hydrogen) atoms. The van der Waals surface area contributed by atoms with Crippen molar-refractivity contribution in [1.29, 1.82) is 0 Å². The highest BCUT2D eigenvalue weighted by Gasteiger charge is 2.69. The number of hydrogen-bond acceptors (Lipinski definition) is 8. The molecule has 8 nitrogen and oxygen atoms in total. The highest BCUT2D eigenvalue weighted by Crippen LogP contribution is 2.60. The molecule has 6 rings (SSSR count). The van der Waals surface area contributed by atoms with E-state index in [0.717, 1.165) is 38.8 Å². The van der Waals surface area contributed by atoms with E-state index in [2.05, 4.69) is 24.1 Å². The molecule has 6 fully saturated rings. The molecule has 10 atom stereocenters. The largest absolute Gasteiger partial charge is 0.389 e. The first-order chi connectivity index (χ1) is 16.3. The van der Waals surface area contributed by atoms with E-state index in [1.165, 1.54) is 32.4 Å². The summed E-state index contributed by atoms with van der Waals surface area (Å²) in [6.07, 6.45) is 6.25. The molecule has 5 aliphatic heterocycles. The van der Waals surface area contributed by atoms with Crippen LogP contribution in [0.2, 0.25) is 0 Å². The van der Waals surface area contributed by atoms with Gasteiger partial charge in [-0.1, -0.05) is 13.8 Å². The summed E-state index contributed by atoms with van der Waals surface area (Å²) in [6, 6.07) is -0.0375. The first-order valence-corrected chi connectivity index (χ1v) is 13.8. The maximum absolute atomic E-state index is 10.7. The number of ether oxygens (including phenoxy) is 3. The van der Waals surface area contributed by atoms with Gasteiger partial charge in [-0.25, -0.2) is 9.78 Å². The molecule has 2 bridgehead atoms. The minimum absolute atomic E-state index is 0.0375. The number of aliphatic hydroxyl groups is 1. The standard InChI is InChI=1S/C26H46N2O6/c1-17-8-9-21-18(2)23(31-24-26(21)20(17)10-11-25(4,32-24)33-34-26)30-16-22(29)19(3)27-12-7-15-28-13-5-6-14-28/h17-24,27,29H,5-16H2,1-4H3/t17-,18-,19?,20+,21+,22?,23?,24-,25+,26-/m1/s1. The van der Waals surface area contributed by atoms with Crippen LogP contribution in [0.4, 0.5) is 0 Å². The van der Waals surface area contributed by atoms with Crippen molar-refractivity contribution in [3.05, 3.63) is 0 Å². The molecule has 1 spiro atoms. The summed E-state index contributed by atoms with van der Waals surface area (Å²) in [7, 11) is 0. The van der Waals surface area contributed by atoms with E-state index in [4.69, 9.17) is 24.0 Å². The van der Waals surface area contributed by atoms with E-state index in [9.17, 15) is 5.11 Å². The first kappa shape index (κ1) is 25.3. The van der Waals surface area contributed by atoms with Crippen molar-refractivity contribution in [2.45, 2.75) is 109 Å². The lowest BCUT2D eigenvalue weighted by Gasteiger charge is -2.60. The van der Waals surface area contributed by atoms with Crippen LogP contribution in [0.15, 0.2) is 0 Å². The van der Waals surface area contributed by atoms with Gasteiger partial charge in [0, 0.05) is 24.3 Å². The molecule has 8 heteroatoms. The monoisotopic (exact) mass is 482 g/mol. The minimum Gasteiger partial charge on any atom is -0.389 e. The molecule has 0 aromatic heterocycles. The summed E-state index contributed by atoms with van der Waals surface area (Å²) in [4.78, 5) is 14.6. The molecule has 0 amide bonds. The summed E-state index contributed by atoms with van der Waals surface area (Å²) < 4.78 is 19.1. The second-order valence-corrected chi connectivity index (χ2v) is 11.8. The Bertz CT molecular complexity index is 692. The SMILES string of the molecule is CC(NCCCN1CCCC1)C(O)COC1O[C@@H]2O[C@]3(C)CC[C@H]4[C@H](C)CC[C@@H]([C@H]1C)[C@@]24OO3. The van der Waals surface area contributed by atoms with Crippen molar-refractivity contribution in [1.82, 2.24) is 10.2 Å². The van der Waals surface area contributed by atoms with Gasteiger partial charge in [0.1, 0.15) is 0 Å². The lowest BCUT2D eigenvalue weighted by Crippen LogP contribution is -2.70. The number of aliphatic hydroxyl groups excluding tert-OH is 1. The van der Waals surface area contributed by atoms with Crippen molar-refractivity contribution >= 4 is 0 Å². The molecular formula is C26H46N2O6. The molecule has 2 N–H and O–H groups in total. The maximum atomic E-state index is 10.7. The van der Waals surface area contributed by atoms with Crippen LogP contribution in [0, 0.1) is 23.7 Å². The van der Waals surface area contributed by atoms with Gasteiger partial charge in [0.2, 0.25) is 5.79 Å². The van der Waals surface area contributed by atoms with E-state index >= 15 is 0 Å². The van der Waals surface area contributed by atoms with Gasteiger partial charge in [0.15, 0.2) is 18.2 Å². The van der Waals surface area contributed by atoms with Gasteiger partial charge in [-0.3, -0.25) is 0 Å². The van der Waals surface area contributed by atoms with E-state index in [1.54, 1.807) is 0 Å². The van der Waals surface area contributed by atoms with Crippen molar-refractivity contribution in [3.63, 3.8) is 0 Å². The fourth-order valence-corrected chi connectivity index (χ4v) is 7.18. The molecule has 3 unspecified atom stereocenters. The van der Waals surface area contributed by atoms with Crippen molar-refractivity contribution < 1.29 is 29.1 Å². The molecule has 196 valence electrons. The van der Waals surface area contributed by atoms with Crippen LogP contribution in [0.3, 0.4) is 0 Å². The predicted octanol–water partition coefficient (Wildman–Crippen LogP) is 3.04. The van der Waals surface area contributed by atoms with Crippen LogP contribution in [0.25, 0.3) is 0 Å². The van der Waals surface area contributed by atoms with Crippen LogP contribution in [-0.4, -0.2) is 78.9 Å². The zero-order valence-corrected chi connectivity index (χ0v) is 21.5. The van der Waals surface area contributed by atoms with Gasteiger partial charge < -0.3 is 29.5 Å². The Morgan fingerprint density at radius 1 is 1.12 bits per heavy atom. The number of fused-ring (bicyclic) bond motifs is 2. The topological polar surface area (TPSA) is 81.7 Å². The Morgan fingerprint density at radius 3 is 2.71 bits per heavy atom. The van der Waals surface area contributed by atoms with Crippen LogP contribution in [-0.2, 0) is 24.0 Å². The summed E-state index contributed by atoms with van der Waals surface area (Å²) >= 11 is 0. The third-order valence-electron chi connectivity index (χ3n) is 9.42. The molecule has 6 aliphatic rings. The second-order valence-electron chi connectivity index (χ2n) is 11.8. The molecule has 5 saturated heterocycles. The molecule has 0 aromatic rings. The molecular weight excluding hydrogens is 436 g/mol. The van der Waals surface area contributed by atoms with Crippen LogP contribution < -0.4 is 5.32 Å². The Labute approximate surface area is 204 Å². The number of nitrogens with zero attached hydrogens (tertiary/aromatic N) is 1. The predicted molar refractivity (Wildman–Crippen MR) is 127 cm³/mol. The molecule has 0 aromatic carbocycles. The van der Waals surface area contributed by atoms with Crippen LogP contribution in [0.1, 0.15) is 72.6 Å². The Balaban J connectivity index is 1.16. The second kappa shape index (κ2) is 10.2. The number of likely N-dealkylation sites (tertiary alicyclic amines) is 1. The smallest absolute Gasteiger partial charge is 0.201 e. The average molecular weight is 483 g/mol. The molecule has 1 aliphatic carbocycles. The van der Waals surface area contributed by atoms with Gasteiger partial charge in [0.25, 0.3) is 0 Å². The fraction of sp³-hybridized carbons (Fsp3) is 1.00. The zero-order valence-electron chi connectivity index (χ0n) is 21.5. The van der Waals surface area contributed by atoms with E-state index < -0.39 is 30.1 Å². The third-order valence-corrected chi connectivity index (χ3v) is 9.42.